The van der Waals surface area contributed by atoms with Crippen LogP contribution >= 0.6 is 11.6 Å². The smallest absolute Gasteiger partial charge is 0.323 e. The number of aliphatic carboxylic acids is 1. The van der Waals surface area contributed by atoms with E-state index in [1.165, 1.54) is 0 Å². The molecule has 0 fully saturated rings. The van der Waals surface area contributed by atoms with Crippen LogP contribution in [0, 0.1) is 0 Å². The Bertz CT molecular complexity index is 1240. The number of benzene rings is 3. The summed E-state index contributed by atoms with van der Waals surface area (Å²) in [6.45, 7) is 0. The predicted octanol–water partition coefficient (Wildman–Crippen LogP) is 4.99. The van der Waals surface area contributed by atoms with Crippen LogP contribution < -0.4 is 10.6 Å². The number of urea groups is 1. The number of rotatable bonds is 5. The Morgan fingerprint density at radius 1 is 0.939 bits per heavy atom. The fraction of sp³-hybridized carbons (Fsp3) is 0.160. The third-order valence-corrected chi connectivity index (χ3v) is 5.82. The second-order valence-electron chi connectivity index (χ2n) is 7.97. The number of anilines is 2. The second kappa shape index (κ2) is 9.05. The zero-order valence-electron chi connectivity index (χ0n) is 17.5. The number of nitrogens with one attached hydrogen (secondary N) is 2. The van der Waals surface area contributed by atoms with E-state index in [9.17, 15) is 19.5 Å². The van der Waals surface area contributed by atoms with E-state index in [2.05, 4.69) is 10.6 Å². The first-order chi connectivity index (χ1) is 15.7. The van der Waals surface area contributed by atoms with E-state index in [1.54, 1.807) is 48.5 Å². The van der Waals surface area contributed by atoms with Gasteiger partial charge in [-0.2, -0.15) is 0 Å². The average Bonchev–Trinajstić information content (AvgIpc) is 2.76. The molecular formula is C25H21ClN2O5. The number of halogens is 1. The summed E-state index contributed by atoms with van der Waals surface area (Å²) in [6.07, 6.45) is -0.131. The molecule has 0 aliphatic heterocycles. The van der Waals surface area contributed by atoms with Crippen molar-refractivity contribution in [1.29, 1.82) is 0 Å². The van der Waals surface area contributed by atoms with Crippen molar-refractivity contribution in [2.45, 2.75) is 24.9 Å². The number of aryl methyl sites for hydroxylation is 1. The Morgan fingerprint density at radius 2 is 1.64 bits per heavy atom. The number of carbonyl (C=O) groups excluding carboxylic acids is 2. The number of carboxylic acids is 1. The van der Waals surface area contributed by atoms with Gasteiger partial charge in [0.1, 0.15) is 5.60 Å². The van der Waals surface area contributed by atoms with E-state index in [0.29, 0.717) is 28.4 Å². The van der Waals surface area contributed by atoms with Crippen molar-refractivity contribution in [3.8, 4) is 11.1 Å². The molecule has 0 bridgehead atoms. The minimum atomic E-state index is -1.86. The lowest BCUT2D eigenvalue weighted by Gasteiger charge is -2.30. The summed E-state index contributed by atoms with van der Waals surface area (Å²) in [5, 5.41) is 25.5. The van der Waals surface area contributed by atoms with Crippen LogP contribution in [0.25, 0.3) is 11.1 Å². The Kier molecular flexibility index (Phi) is 6.18. The van der Waals surface area contributed by atoms with Gasteiger partial charge in [0.2, 0.25) is 0 Å². The number of hydrogen-bond acceptors (Lipinski definition) is 4. The number of carbonyl (C=O) groups is 3. The summed E-state index contributed by atoms with van der Waals surface area (Å²) < 4.78 is 0. The molecule has 0 saturated carbocycles. The third kappa shape index (κ3) is 5.05. The molecule has 1 unspecified atom stereocenters. The molecule has 1 atom stereocenters. The van der Waals surface area contributed by atoms with Crippen molar-refractivity contribution < 1.29 is 24.6 Å². The maximum atomic E-state index is 12.7. The van der Waals surface area contributed by atoms with E-state index in [4.69, 9.17) is 16.7 Å². The quantitative estimate of drug-likeness (QED) is 0.424. The minimum absolute atomic E-state index is 0.0686. The molecule has 33 heavy (non-hydrogen) atoms. The van der Waals surface area contributed by atoms with Gasteiger partial charge < -0.3 is 20.8 Å². The fourth-order valence-corrected chi connectivity index (χ4v) is 4.12. The van der Waals surface area contributed by atoms with Crippen molar-refractivity contribution in [1.82, 2.24) is 0 Å². The monoisotopic (exact) mass is 464 g/mol. The van der Waals surface area contributed by atoms with Crippen molar-refractivity contribution in [2.75, 3.05) is 10.6 Å². The van der Waals surface area contributed by atoms with E-state index in [1.807, 2.05) is 18.2 Å². The van der Waals surface area contributed by atoms with Gasteiger partial charge in [0.25, 0.3) is 0 Å². The molecular weight excluding hydrogens is 444 g/mol. The number of ketones is 1. The summed E-state index contributed by atoms with van der Waals surface area (Å²) in [6, 6.07) is 18.9. The van der Waals surface area contributed by atoms with Gasteiger partial charge in [-0.15, -0.1) is 0 Å². The lowest BCUT2D eigenvalue weighted by atomic mass is 9.77. The molecule has 4 rings (SSSR count). The first kappa shape index (κ1) is 22.5. The highest BCUT2D eigenvalue weighted by Gasteiger charge is 2.42. The molecule has 1 aliphatic carbocycles. The number of aliphatic hydroxyl groups is 1. The summed E-state index contributed by atoms with van der Waals surface area (Å²) >= 11 is 5.92. The number of carboxylic acid groups (broad SMARTS) is 1. The van der Waals surface area contributed by atoms with Gasteiger partial charge in [-0.25, -0.2) is 4.79 Å². The van der Waals surface area contributed by atoms with E-state index >= 15 is 0 Å². The fourth-order valence-electron chi connectivity index (χ4n) is 3.93. The van der Waals surface area contributed by atoms with E-state index < -0.39 is 29.8 Å². The number of hydrogen-bond donors (Lipinski definition) is 4. The lowest BCUT2D eigenvalue weighted by molar-refractivity contribution is -0.141. The highest BCUT2D eigenvalue weighted by molar-refractivity contribution is 6.30. The molecule has 0 radical (unpaired) electrons. The molecule has 2 amide bonds. The zero-order valence-corrected chi connectivity index (χ0v) is 18.2. The Balaban J connectivity index is 1.46. The Morgan fingerprint density at radius 3 is 2.33 bits per heavy atom. The topological polar surface area (TPSA) is 116 Å². The van der Waals surface area contributed by atoms with Crippen LogP contribution in [0.2, 0.25) is 5.02 Å². The molecule has 0 heterocycles. The minimum Gasteiger partial charge on any atom is -0.481 e. The first-order valence-electron chi connectivity index (χ1n) is 10.3. The van der Waals surface area contributed by atoms with Gasteiger partial charge in [0, 0.05) is 22.0 Å². The maximum Gasteiger partial charge on any atom is 0.323 e. The number of fused-ring (bicyclic) bond motifs is 1. The number of Topliss-reactive ketones (excluding diaryl/α,β-unsaturated/α-hetero) is 1. The van der Waals surface area contributed by atoms with Gasteiger partial charge in [-0.05, 0) is 59.9 Å². The van der Waals surface area contributed by atoms with Gasteiger partial charge in [0.15, 0.2) is 5.78 Å². The molecule has 7 nitrogen and oxygen atoms in total. The lowest BCUT2D eigenvalue weighted by Crippen LogP contribution is -2.44. The summed E-state index contributed by atoms with van der Waals surface area (Å²) in [7, 11) is 0. The van der Waals surface area contributed by atoms with E-state index in [0.717, 1.165) is 16.7 Å². The van der Waals surface area contributed by atoms with Crippen LogP contribution in [-0.2, 0) is 11.2 Å². The van der Waals surface area contributed by atoms with E-state index in [-0.39, 0.29) is 6.42 Å². The summed E-state index contributed by atoms with van der Waals surface area (Å²) in [5.41, 5.74) is 2.21. The summed E-state index contributed by atoms with van der Waals surface area (Å²) in [5.74, 6) is -1.76. The molecule has 4 N–H and O–H groups in total. The molecule has 3 aromatic carbocycles. The molecule has 0 spiro atoms. The normalized spacial score (nSPS) is 17.2. The Hall–Kier alpha value is -3.68. The van der Waals surface area contributed by atoms with Crippen LogP contribution in [0.3, 0.4) is 0 Å². The van der Waals surface area contributed by atoms with Gasteiger partial charge in [-0.3, -0.25) is 9.59 Å². The van der Waals surface area contributed by atoms with Gasteiger partial charge in [0.05, 0.1) is 6.42 Å². The van der Waals surface area contributed by atoms with Crippen molar-refractivity contribution in [2.24, 2.45) is 0 Å². The third-order valence-electron chi connectivity index (χ3n) is 5.58. The van der Waals surface area contributed by atoms with Gasteiger partial charge >= 0.3 is 12.0 Å². The zero-order chi connectivity index (χ0) is 23.6. The van der Waals surface area contributed by atoms with Crippen LogP contribution in [0.15, 0.2) is 66.7 Å². The average molecular weight is 465 g/mol. The standard InChI is InChI=1S/C25H21ClN2O5/c26-18-2-1-3-20(13-18)28-24(32)27-19-7-4-15(5-8-19)16-6-9-21-17(12-16)10-11-25(33,23(21)31)14-22(29)30/h1-9,12-13,33H,10-11,14H2,(H,29,30)(H2,27,28,32). The molecule has 0 saturated heterocycles. The first-order valence-corrected chi connectivity index (χ1v) is 10.7. The largest absolute Gasteiger partial charge is 0.481 e. The van der Waals surface area contributed by atoms with Crippen molar-refractivity contribution >= 4 is 40.8 Å². The molecule has 0 aromatic heterocycles. The Labute approximate surface area is 195 Å². The number of amides is 2. The SMILES string of the molecule is O=C(O)CC1(O)CCc2cc(-c3ccc(NC(=O)Nc4cccc(Cl)c4)cc3)ccc2C1=O. The van der Waals surface area contributed by atoms with Crippen LogP contribution in [0.4, 0.5) is 16.2 Å². The summed E-state index contributed by atoms with van der Waals surface area (Å²) in [4.78, 5) is 35.9. The molecule has 8 heteroatoms. The highest BCUT2D eigenvalue weighted by atomic mass is 35.5. The highest BCUT2D eigenvalue weighted by Crippen LogP contribution is 2.34. The predicted molar refractivity (Wildman–Crippen MR) is 126 cm³/mol. The second-order valence-corrected chi connectivity index (χ2v) is 8.41. The molecule has 1 aliphatic rings. The van der Waals surface area contributed by atoms with Crippen molar-refractivity contribution in [3.63, 3.8) is 0 Å². The van der Waals surface area contributed by atoms with Gasteiger partial charge in [-0.1, -0.05) is 48.0 Å². The van der Waals surface area contributed by atoms with Crippen LogP contribution in [0.5, 0.6) is 0 Å². The molecule has 3 aromatic rings. The maximum absolute atomic E-state index is 12.7. The van der Waals surface area contributed by atoms with Crippen LogP contribution in [0.1, 0.15) is 28.8 Å². The van der Waals surface area contributed by atoms with Crippen molar-refractivity contribution in [3.05, 3.63) is 82.9 Å². The molecule has 168 valence electrons. The van der Waals surface area contributed by atoms with Crippen LogP contribution in [-0.4, -0.2) is 33.6 Å².